The Balaban J connectivity index is 1.74. The van der Waals surface area contributed by atoms with E-state index in [1.807, 2.05) is 0 Å². The summed E-state index contributed by atoms with van der Waals surface area (Å²) in [7, 11) is 0. The van der Waals surface area contributed by atoms with Gasteiger partial charge in [0.1, 0.15) is 0 Å². The average molecular weight is 314 g/mol. The van der Waals surface area contributed by atoms with Crippen LogP contribution in [0.25, 0.3) is 0 Å². The van der Waals surface area contributed by atoms with Gasteiger partial charge in [-0.05, 0) is 62.5 Å². The van der Waals surface area contributed by atoms with Gasteiger partial charge in [-0.3, -0.25) is 4.79 Å². The minimum absolute atomic E-state index is 0.0113. The van der Waals surface area contributed by atoms with Crippen molar-refractivity contribution in [2.45, 2.75) is 36.3 Å². The highest BCUT2D eigenvalue weighted by molar-refractivity contribution is 7.99. The molecule has 2 N–H and O–H groups in total. The highest BCUT2D eigenvalue weighted by Gasteiger charge is 2.14. The molecule has 0 bridgehead atoms. The number of thioether (sulfide) groups is 1. The van der Waals surface area contributed by atoms with Crippen molar-refractivity contribution in [1.82, 2.24) is 5.32 Å². The molecule has 6 heteroatoms. The second-order valence-corrected chi connectivity index (χ2v) is 6.25. The van der Waals surface area contributed by atoms with Crippen molar-refractivity contribution in [3.63, 3.8) is 0 Å². The van der Waals surface area contributed by atoms with E-state index >= 15 is 0 Å². The van der Waals surface area contributed by atoms with Crippen LogP contribution in [0.1, 0.15) is 25.7 Å². The smallest absolute Gasteiger partial charge is 0.288 e. The summed E-state index contributed by atoms with van der Waals surface area (Å²) in [6, 6.07) is 6.51. The summed E-state index contributed by atoms with van der Waals surface area (Å²) in [5.41, 5.74) is 0.656. The summed E-state index contributed by atoms with van der Waals surface area (Å²) in [6.07, 6.45) is 3.69. The zero-order valence-electron chi connectivity index (χ0n) is 11.8. The number of halogens is 2. The van der Waals surface area contributed by atoms with E-state index in [0.717, 1.165) is 32.4 Å². The number of benzene rings is 1. The largest absolute Gasteiger partial charge is 0.326 e. The van der Waals surface area contributed by atoms with Gasteiger partial charge in [-0.1, -0.05) is 11.8 Å². The summed E-state index contributed by atoms with van der Waals surface area (Å²) in [5, 5.41) is 6.12. The molecule has 1 saturated heterocycles. The van der Waals surface area contributed by atoms with Crippen molar-refractivity contribution < 1.29 is 13.6 Å². The minimum Gasteiger partial charge on any atom is -0.326 e. The van der Waals surface area contributed by atoms with Crippen LogP contribution >= 0.6 is 11.8 Å². The molecular formula is C15H20F2N2OS. The van der Waals surface area contributed by atoms with Crippen molar-refractivity contribution in [2.24, 2.45) is 5.92 Å². The number of rotatable bonds is 6. The van der Waals surface area contributed by atoms with Gasteiger partial charge in [-0.2, -0.15) is 8.78 Å². The fraction of sp³-hybridized carbons (Fsp3) is 0.533. The summed E-state index contributed by atoms with van der Waals surface area (Å²) in [5.74, 6) is -1.81. The van der Waals surface area contributed by atoms with Gasteiger partial charge in [0.25, 0.3) is 5.76 Å². The molecule has 0 saturated carbocycles. The summed E-state index contributed by atoms with van der Waals surface area (Å²) < 4.78 is 24.4. The summed E-state index contributed by atoms with van der Waals surface area (Å²) in [6.45, 7) is 2.07. The number of amides is 1. The highest BCUT2D eigenvalue weighted by atomic mass is 32.2. The molecule has 0 spiro atoms. The molecule has 0 aliphatic carbocycles. The van der Waals surface area contributed by atoms with E-state index in [-0.39, 0.29) is 5.91 Å². The number of carbonyl (C=O) groups excluding carboxylic acids is 1. The molecule has 1 fully saturated rings. The first-order valence-electron chi connectivity index (χ1n) is 7.19. The molecule has 0 unspecified atom stereocenters. The first-order chi connectivity index (χ1) is 10.1. The molecule has 1 amide bonds. The van der Waals surface area contributed by atoms with Gasteiger partial charge >= 0.3 is 0 Å². The first-order valence-corrected chi connectivity index (χ1v) is 8.07. The van der Waals surface area contributed by atoms with Gasteiger partial charge in [-0.25, -0.2) is 0 Å². The van der Waals surface area contributed by atoms with Gasteiger partial charge in [0.15, 0.2) is 0 Å². The number of hydrogen-bond donors (Lipinski definition) is 2. The zero-order valence-corrected chi connectivity index (χ0v) is 12.6. The topological polar surface area (TPSA) is 41.1 Å². The van der Waals surface area contributed by atoms with E-state index in [0.29, 0.717) is 34.7 Å². The third kappa shape index (κ3) is 6.01. The standard InChI is InChI=1S/C15H20F2N2OS/c16-15(17)21-13-4-2-12(3-5-13)19-14(20)6-1-11-7-9-18-10-8-11/h2-5,11,15,18H,1,6-10H2,(H,19,20). The van der Waals surface area contributed by atoms with Crippen LogP contribution in [0.4, 0.5) is 14.5 Å². The molecule has 1 aliphatic rings. The van der Waals surface area contributed by atoms with Gasteiger partial charge in [0.2, 0.25) is 5.91 Å². The number of hydrogen-bond acceptors (Lipinski definition) is 3. The molecule has 0 atom stereocenters. The molecule has 116 valence electrons. The van der Waals surface area contributed by atoms with E-state index in [2.05, 4.69) is 10.6 Å². The van der Waals surface area contributed by atoms with Crippen LogP contribution < -0.4 is 10.6 Å². The van der Waals surface area contributed by atoms with Crippen LogP contribution in [-0.4, -0.2) is 24.8 Å². The van der Waals surface area contributed by atoms with Crippen molar-refractivity contribution in [1.29, 1.82) is 0 Å². The van der Waals surface area contributed by atoms with Gasteiger partial charge in [0.05, 0.1) is 0 Å². The van der Waals surface area contributed by atoms with Crippen LogP contribution in [0.2, 0.25) is 0 Å². The Labute approximate surface area is 127 Å². The second kappa shape index (κ2) is 8.34. The van der Waals surface area contributed by atoms with Gasteiger partial charge in [0, 0.05) is 17.0 Å². The predicted octanol–water partition coefficient (Wildman–Crippen LogP) is 3.72. The Hall–Kier alpha value is -1.14. The van der Waals surface area contributed by atoms with Gasteiger partial charge < -0.3 is 10.6 Å². The number of piperidine rings is 1. The second-order valence-electron chi connectivity index (χ2n) is 5.18. The van der Waals surface area contributed by atoms with Crippen molar-refractivity contribution in [2.75, 3.05) is 18.4 Å². The number of anilines is 1. The quantitative estimate of drug-likeness (QED) is 0.786. The van der Waals surface area contributed by atoms with Gasteiger partial charge in [-0.15, -0.1) is 0 Å². The maximum atomic E-state index is 12.2. The number of carbonyl (C=O) groups is 1. The van der Waals surface area contributed by atoms with Crippen molar-refractivity contribution in [3.05, 3.63) is 24.3 Å². The SMILES string of the molecule is O=C(CCC1CCNCC1)Nc1ccc(SC(F)F)cc1. The Kier molecular flexibility index (Phi) is 6.45. The average Bonchev–Trinajstić information content (AvgIpc) is 2.48. The Morgan fingerprint density at radius 3 is 2.57 bits per heavy atom. The molecule has 1 heterocycles. The van der Waals surface area contributed by atoms with Crippen LogP contribution in [0.5, 0.6) is 0 Å². The summed E-state index contributed by atoms with van der Waals surface area (Å²) in [4.78, 5) is 12.4. The Morgan fingerprint density at radius 2 is 1.95 bits per heavy atom. The van der Waals surface area contributed by atoms with Crippen LogP contribution in [0, 0.1) is 5.92 Å². The normalized spacial score (nSPS) is 16.1. The zero-order chi connectivity index (χ0) is 15.1. The number of alkyl halides is 2. The Morgan fingerprint density at radius 1 is 1.29 bits per heavy atom. The first kappa shape index (κ1) is 16.2. The van der Waals surface area contributed by atoms with E-state index in [1.165, 1.54) is 0 Å². The maximum Gasteiger partial charge on any atom is 0.288 e. The molecule has 2 rings (SSSR count). The highest BCUT2D eigenvalue weighted by Crippen LogP contribution is 2.26. The maximum absolute atomic E-state index is 12.2. The minimum atomic E-state index is -2.42. The van der Waals surface area contributed by atoms with Crippen LogP contribution in [0.3, 0.4) is 0 Å². The molecule has 21 heavy (non-hydrogen) atoms. The van der Waals surface area contributed by atoms with E-state index in [9.17, 15) is 13.6 Å². The fourth-order valence-corrected chi connectivity index (χ4v) is 2.95. The van der Waals surface area contributed by atoms with E-state index in [4.69, 9.17) is 0 Å². The molecule has 1 aromatic carbocycles. The molecular weight excluding hydrogens is 294 g/mol. The molecule has 1 aromatic rings. The predicted molar refractivity (Wildman–Crippen MR) is 81.8 cm³/mol. The van der Waals surface area contributed by atoms with Crippen molar-refractivity contribution in [3.8, 4) is 0 Å². The fourth-order valence-electron chi connectivity index (χ4n) is 2.45. The van der Waals surface area contributed by atoms with Crippen LogP contribution in [0.15, 0.2) is 29.2 Å². The van der Waals surface area contributed by atoms with E-state index < -0.39 is 5.76 Å². The van der Waals surface area contributed by atoms with Crippen molar-refractivity contribution >= 4 is 23.4 Å². The molecule has 1 aliphatic heterocycles. The van der Waals surface area contributed by atoms with E-state index in [1.54, 1.807) is 24.3 Å². The van der Waals surface area contributed by atoms with Crippen LogP contribution in [-0.2, 0) is 4.79 Å². The third-order valence-electron chi connectivity index (χ3n) is 3.60. The molecule has 0 radical (unpaired) electrons. The number of nitrogens with one attached hydrogen (secondary N) is 2. The molecule has 0 aromatic heterocycles. The lowest BCUT2D eigenvalue weighted by atomic mass is 9.93. The lowest BCUT2D eigenvalue weighted by Gasteiger charge is -2.22. The third-order valence-corrected chi connectivity index (χ3v) is 4.32. The summed E-state index contributed by atoms with van der Waals surface area (Å²) >= 11 is 0.503. The molecule has 3 nitrogen and oxygen atoms in total. The Bertz CT molecular complexity index is 447. The lowest BCUT2D eigenvalue weighted by molar-refractivity contribution is -0.116. The lowest BCUT2D eigenvalue weighted by Crippen LogP contribution is -2.28. The monoisotopic (exact) mass is 314 g/mol.